The Morgan fingerprint density at radius 3 is 1.85 bits per heavy atom. The van der Waals surface area contributed by atoms with Crippen LogP contribution in [-0.2, 0) is 25.6 Å². The highest BCUT2D eigenvalue weighted by atomic mass is 16.5. The van der Waals surface area contributed by atoms with Crippen LogP contribution in [0.15, 0.2) is 48.6 Å². The highest BCUT2D eigenvalue weighted by Gasteiger charge is 2.05. The molecule has 0 atom stereocenters. The first-order chi connectivity index (χ1) is 12.6. The van der Waals surface area contributed by atoms with Crippen LogP contribution in [0, 0.1) is 0 Å². The Bertz CT molecular complexity index is 577. The van der Waals surface area contributed by atoms with E-state index in [2.05, 4.69) is 4.90 Å². The first kappa shape index (κ1) is 21.4. The monoisotopic (exact) mass is 361 g/mol. The highest BCUT2D eigenvalue weighted by Crippen LogP contribution is 2.13. The summed E-state index contributed by atoms with van der Waals surface area (Å²) in [5.41, 5.74) is 1.10. The van der Waals surface area contributed by atoms with Crippen LogP contribution in [0.4, 0.5) is 0 Å². The molecular weight excluding hydrogens is 334 g/mol. The second-order valence-corrected chi connectivity index (χ2v) is 5.35. The van der Waals surface area contributed by atoms with Crippen LogP contribution in [-0.4, -0.2) is 50.3 Å². The number of hydrogen-bond acceptors (Lipinski definition) is 6. The second kappa shape index (κ2) is 12.7. The van der Waals surface area contributed by atoms with Crippen molar-refractivity contribution in [1.29, 1.82) is 0 Å². The molecule has 1 aromatic carbocycles. The van der Waals surface area contributed by atoms with Crippen LogP contribution in [0.2, 0.25) is 0 Å². The van der Waals surface area contributed by atoms with Gasteiger partial charge in [-0.15, -0.1) is 0 Å². The molecule has 0 N–H and O–H groups in total. The fraction of sp³-hybridized carbons (Fsp3) is 0.400. The lowest BCUT2D eigenvalue weighted by Gasteiger charge is -2.19. The third-order valence-corrected chi connectivity index (χ3v) is 3.37. The molecule has 6 heteroatoms. The van der Waals surface area contributed by atoms with Crippen molar-refractivity contribution in [3.05, 3.63) is 54.1 Å². The van der Waals surface area contributed by atoms with Crippen molar-refractivity contribution in [3.63, 3.8) is 0 Å². The zero-order valence-electron chi connectivity index (χ0n) is 15.6. The van der Waals surface area contributed by atoms with Crippen LogP contribution in [0.1, 0.15) is 19.4 Å². The van der Waals surface area contributed by atoms with Crippen LogP contribution < -0.4 is 4.74 Å². The molecule has 26 heavy (non-hydrogen) atoms. The van der Waals surface area contributed by atoms with E-state index in [1.54, 1.807) is 33.1 Å². The molecule has 1 aromatic rings. The first-order valence-corrected chi connectivity index (χ1v) is 8.60. The van der Waals surface area contributed by atoms with Gasteiger partial charge in [-0.3, -0.25) is 4.90 Å². The lowest BCUT2D eigenvalue weighted by molar-refractivity contribution is -0.138. The van der Waals surface area contributed by atoms with Gasteiger partial charge in [-0.25, -0.2) is 9.59 Å². The molecule has 0 spiro atoms. The van der Waals surface area contributed by atoms with Gasteiger partial charge < -0.3 is 14.2 Å². The number of ether oxygens (including phenoxy) is 3. The lowest BCUT2D eigenvalue weighted by atomic mass is 10.2. The number of methoxy groups -OCH3 is 1. The predicted octanol–water partition coefficient (Wildman–Crippen LogP) is 2.74. The molecule has 0 aliphatic carbocycles. The number of carbonyl (C=O) groups excluding carboxylic acids is 2. The maximum Gasteiger partial charge on any atom is 0.330 e. The minimum absolute atomic E-state index is 0.348. The Labute approximate surface area is 155 Å². The van der Waals surface area contributed by atoms with Gasteiger partial charge in [0.1, 0.15) is 5.75 Å². The third kappa shape index (κ3) is 9.03. The van der Waals surface area contributed by atoms with E-state index in [0.29, 0.717) is 32.8 Å². The molecule has 0 aliphatic rings. The van der Waals surface area contributed by atoms with Crippen molar-refractivity contribution in [2.45, 2.75) is 20.4 Å². The van der Waals surface area contributed by atoms with Crippen molar-refractivity contribution < 1.29 is 23.8 Å². The van der Waals surface area contributed by atoms with Crippen LogP contribution in [0.3, 0.4) is 0 Å². The van der Waals surface area contributed by atoms with E-state index in [9.17, 15) is 9.59 Å². The van der Waals surface area contributed by atoms with E-state index in [-0.39, 0.29) is 11.9 Å². The van der Waals surface area contributed by atoms with Crippen molar-refractivity contribution in [2.75, 3.05) is 33.4 Å². The molecule has 6 nitrogen and oxygen atoms in total. The fourth-order valence-corrected chi connectivity index (χ4v) is 2.17. The molecule has 0 unspecified atom stereocenters. The van der Waals surface area contributed by atoms with Gasteiger partial charge in [-0.1, -0.05) is 24.3 Å². The average Bonchev–Trinajstić information content (AvgIpc) is 2.62. The first-order valence-electron chi connectivity index (χ1n) is 8.60. The van der Waals surface area contributed by atoms with Gasteiger partial charge in [0, 0.05) is 31.8 Å². The Kier molecular flexibility index (Phi) is 10.5. The van der Waals surface area contributed by atoms with Gasteiger partial charge >= 0.3 is 11.9 Å². The van der Waals surface area contributed by atoms with E-state index >= 15 is 0 Å². The molecule has 0 saturated heterocycles. The zero-order chi connectivity index (χ0) is 19.2. The highest BCUT2D eigenvalue weighted by molar-refractivity contribution is 5.82. The fourth-order valence-electron chi connectivity index (χ4n) is 2.17. The predicted molar refractivity (Wildman–Crippen MR) is 99.8 cm³/mol. The molecule has 0 amide bonds. The van der Waals surface area contributed by atoms with Gasteiger partial charge in [0.15, 0.2) is 0 Å². The minimum atomic E-state index is -0.362. The SMILES string of the molecule is CCOC(=O)/C=C/CN(C/C=C/C(=O)OCC)Cc1ccc(OC)cc1. The molecule has 142 valence electrons. The van der Waals surface area contributed by atoms with Gasteiger partial charge in [0.2, 0.25) is 0 Å². The Hall–Kier alpha value is -2.60. The Morgan fingerprint density at radius 2 is 1.42 bits per heavy atom. The minimum Gasteiger partial charge on any atom is -0.497 e. The molecular formula is C20H27NO5. The summed E-state index contributed by atoms with van der Waals surface area (Å²) in [4.78, 5) is 24.9. The molecule has 0 aromatic heterocycles. The van der Waals surface area contributed by atoms with Gasteiger partial charge in [0.05, 0.1) is 20.3 Å². The second-order valence-electron chi connectivity index (χ2n) is 5.35. The van der Waals surface area contributed by atoms with Crippen LogP contribution >= 0.6 is 0 Å². The number of nitrogens with zero attached hydrogens (tertiary/aromatic N) is 1. The summed E-state index contributed by atoms with van der Waals surface area (Å²) in [5, 5.41) is 0. The van der Waals surface area contributed by atoms with Crippen LogP contribution in [0.25, 0.3) is 0 Å². The van der Waals surface area contributed by atoms with Crippen LogP contribution in [0.5, 0.6) is 5.75 Å². The van der Waals surface area contributed by atoms with E-state index in [4.69, 9.17) is 14.2 Å². The van der Waals surface area contributed by atoms with E-state index in [1.165, 1.54) is 12.2 Å². The van der Waals surface area contributed by atoms with E-state index in [0.717, 1.165) is 11.3 Å². The van der Waals surface area contributed by atoms with Crippen molar-refractivity contribution in [3.8, 4) is 5.75 Å². The number of hydrogen-bond donors (Lipinski definition) is 0. The molecule has 0 saturated carbocycles. The number of esters is 2. The summed E-state index contributed by atoms with van der Waals surface area (Å²) < 4.78 is 14.9. The lowest BCUT2D eigenvalue weighted by Crippen LogP contribution is -2.24. The summed E-state index contributed by atoms with van der Waals surface area (Å²) in [7, 11) is 1.63. The number of benzene rings is 1. The van der Waals surface area contributed by atoms with E-state index in [1.807, 2.05) is 24.3 Å². The number of carbonyl (C=O) groups is 2. The van der Waals surface area contributed by atoms with Gasteiger partial charge in [-0.05, 0) is 31.5 Å². The third-order valence-electron chi connectivity index (χ3n) is 3.37. The summed E-state index contributed by atoms with van der Waals surface area (Å²) in [6, 6.07) is 7.76. The topological polar surface area (TPSA) is 65.1 Å². The molecule has 0 heterocycles. The standard InChI is InChI=1S/C20H27NO5/c1-4-25-19(22)8-6-14-21(15-7-9-20(23)26-5-2)16-17-10-12-18(24-3)13-11-17/h6-13H,4-5,14-16H2,1-3H3/b8-6+,9-7+. The summed E-state index contributed by atoms with van der Waals surface area (Å²) in [6.45, 7) is 5.96. The largest absolute Gasteiger partial charge is 0.497 e. The van der Waals surface area contributed by atoms with Crippen molar-refractivity contribution in [1.82, 2.24) is 4.90 Å². The normalized spacial score (nSPS) is 11.2. The Morgan fingerprint density at radius 1 is 0.923 bits per heavy atom. The average molecular weight is 361 g/mol. The molecule has 0 fully saturated rings. The van der Waals surface area contributed by atoms with E-state index < -0.39 is 0 Å². The summed E-state index contributed by atoms with van der Waals surface area (Å²) in [6.07, 6.45) is 6.33. The number of rotatable bonds is 11. The van der Waals surface area contributed by atoms with Crippen molar-refractivity contribution >= 4 is 11.9 Å². The molecule has 0 bridgehead atoms. The quantitative estimate of drug-likeness (QED) is 0.446. The summed E-state index contributed by atoms with van der Waals surface area (Å²) in [5.74, 6) is 0.0719. The van der Waals surface area contributed by atoms with Gasteiger partial charge in [-0.2, -0.15) is 0 Å². The molecule has 0 aliphatic heterocycles. The van der Waals surface area contributed by atoms with Gasteiger partial charge in [0.25, 0.3) is 0 Å². The molecule has 0 radical (unpaired) electrons. The molecule has 1 rings (SSSR count). The van der Waals surface area contributed by atoms with Crippen molar-refractivity contribution in [2.24, 2.45) is 0 Å². The maximum absolute atomic E-state index is 11.4. The maximum atomic E-state index is 11.4. The zero-order valence-corrected chi connectivity index (χ0v) is 15.6. The smallest absolute Gasteiger partial charge is 0.330 e. The summed E-state index contributed by atoms with van der Waals surface area (Å²) >= 11 is 0. The Balaban J connectivity index is 2.69.